The quantitative estimate of drug-likeness (QED) is 0.525. The van der Waals surface area contributed by atoms with E-state index in [9.17, 15) is 8.42 Å². The SMILES string of the molecule is CS(=O)(=O)OCc1cc2ccncc2c2cc(Br)ccc12. The monoisotopic (exact) mass is 365 g/mol. The highest BCUT2D eigenvalue weighted by Gasteiger charge is 2.10. The first-order valence-electron chi connectivity index (χ1n) is 6.23. The number of hydrogen-bond acceptors (Lipinski definition) is 4. The number of fused-ring (bicyclic) bond motifs is 3. The first-order chi connectivity index (χ1) is 9.94. The van der Waals surface area contributed by atoms with Crippen LogP contribution in [0.25, 0.3) is 21.5 Å². The van der Waals surface area contributed by atoms with Crippen LogP contribution in [0, 0.1) is 0 Å². The average Bonchev–Trinajstić information content (AvgIpc) is 2.44. The van der Waals surface area contributed by atoms with Gasteiger partial charge in [-0.05, 0) is 46.0 Å². The molecule has 0 unspecified atom stereocenters. The number of benzene rings is 2. The topological polar surface area (TPSA) is 56.3 Å². The highest BCUT2D eigenvalue weighted by atomic mass is 79.9. The van der Waals surface area contributed by atoms with Crippen molar-refractivity contribution in [3.63, 3.8) is 0 Å². The molecule has 0 radical (unpaired) electrons. The third-order valence-corrected chi connectivity index (χ3v) is 4.27. The maximum Gasteiger partial charge on any atom is 0.264 e. The van der Waals surface area contributed by atoms with Crippen molar-refractivity contribution in [2.75, 3.05) is 6.26 Å². The molecule has 0 aliphatic heterocycles. The van der Waals surface area contributed by atoms with Crippen LogP contribution in [0.1, 0.15) is 5.56 Å². The molecule has 3 rings (SSSR count). The molecule has 0 aliphatic carbocycles. The van der Waals surface area contributed by atoms with Gasteiger partial charge < -0.3 is 0 Å². The first kappa shape index (κ1) is 14.4. The van der Waals surface area contributed by atoms with E-state index in [1.165, 1.54) is 0 Å². The van der Waals surface area contributed by atoms with E-state index in [-0.39, 0.29) is 6.61 Å². The zero-order chi connectivity index (χ0) is 15.0. The van der Waals surface area contributed by atoms with Crippen molar-refractivity contribution in [1.82, 2.24) is 4.98 Å². The molecule has 0 N–H and O–H groups in total. The zero-order valence-electron chi connectivity index (χ0n) is 11.2. The summed E-state index contributed by atoms with van der Waals surface area (Å²) >= 11 is 3.47. The highest BCUT2D eigenvalue weighted by molar-refractivity contribution is 9.10. The molecule has 1 heterocycles. The Labute approximate surface area is 131 Å². The summed E-state index contributed by atoms with van der Waals surface area (Å²) in [6.07, 6.45) is 4.58. The molecule has 6 heteroatoms. The summed E-state index contributed by atoms with van der Waals surface area (Å²) < 4.78 is 28.3. The van der Waals surface area contributed by atoms with E-state index in [1.54, 1.807) is 6.20 Å². The molecule has 0 aliphatic rings. The van der Waals surface area contributed by atoms with Crippen molar-refractivity contribution in [2.24, 2.45) is 0 Å². The van der Waals surface area contributed by atoms with E-state index >= 15 is 0 Å². The molecule has 21 heavy (non-hydrogen) atoms. The number of rotatable bonds is 3. The minimum absolute atomic E-state index is 0.0230. The number of aromatic nitrogens is 1. The van der Waals surface area contributed by atoms with Crippen LogP contribution in [0.5, 0.6) is 0 Å². The van der Waals surface area contributed by atoms with Crippen molar-refractivity contribution in [1.29, 1.82) is 0 Å². The molecule has 0 fully saturated rings. The van der Waals surface area contributed by atoms with Gasteiger partial charge in [0.25, 0.3) is 10.1 Å². The maximum atomic E-state index is 11.2. The molecular weight excluding hydrogens is 354 g/mol. The van der Waals surface area contributed by atoms with Gasteiger partial charge in [-0.3, -0.25) is 9.17 Å². The summed E-state index contributed by atoms with van der Waals surface area (Å²) in [6.45, 7) is 0.0230. The minimum atomic E-state index is -3.47. The Hall–Kier alpha value is -1.50. The standard InChI is InChI=1S/C15H12BrNO3S/c1-21(18,19)20-9-11-6-10-4-5-17-8-15(10)14-7-12(16)2-3-13(11)14/h2-8H,9H2,1H3. The fourth-order valence-corrected chi connectivity index (χ4v) is 3.03. The van der Waals surface area contributed by atoms with Crippen LogP contribution in [0.3, 0.4) is 0 Å². The molecule has 0 amide bonds. The van der Waals surface area contributed by atoms with E-state index in [4.69, 9.17) is 4.18 Å². The van der Waals surface area contributed by atoms with Crippen molar-refractivity contribution in [3.8, 4) is 0 Å². The molecule has 3 aromatic rings. The summed E-state index contributed by atoms with van der Waals surface area (Å²) in [5, 5.41) is 4.00. The summed E-state index contributed by atoms with van der Waals surface area (Å²) in [5.41, 5.74) is 0.835. The highest BCUT2D eigenvalue weighted by Crippen LogP contribution is 2.31. The van der Waals surface area contributed by atoms with Gasteiger partial charge in [0.15, 0.2) is 0 Å². The number of halogens is 1. The fraction of sp³-hybridized carbons (Fsp3) is 0.133. The molecule has 0 spiro atoms. The van der Waals surface area contributed by atoms with Crippen LogP contribution < -0.4 is 0 Å². The van der Waals surface area contributed by atoms with Gasteiger partial charge in [-0.2, -0.15) is 8.42 Å². The van der Waals surface area contributed by atoms with Gasteiger partial charge in [-0.15, -0.1) is 0 Å². The second kappa shape index (κ2) is 5.36. The summed E-state index contributed by atoms with van der Waals surface area (Å²) in [7, 11) is -3.47. The van der Waals surface area contributed by atoms with Crippen LogP contribution in [0.4, 0.5) is 0 Å². The van der Waals surface area contributed by atoms with Gasteiger partial charge in [-0.1, -0.05) is 22.0 Å². The van der Waals surface area contributed by atoms with Crippen molar-refractivity contribution in [3.05, 3.63) is 52.8 Å². The Bertz CT molecular complexity index is 938. The van der Waals surface area contributed by atoms with Gasteiger partial charge in [0.2, 0.25) is 0 Å². The Kier molecular flexibility index (Phi) is 3.69. The lowest BCUT2D eigenvalue weighted by Crippen LogP contribution is -2.03. The van der Waals surface area contributed by atoms with E-state index in [0.717, 1.165) is 37.8 Å². The number of pyridine rings is 1. The molecule has 108 valence electrons. The Morgan fingerprint density at radius 3 is 2.71 bits per heavy atom. The molecule has 1 aromatic heterocycles. The normalized spacial score (nSPS) is 12.1. The lowest BCUT2D eigenvalue weighted by Gasteiger charge is -2.10. The van der Waals surface area contributed by atoms with Crippen LogP contribution in [0.2, 0.25) is 0 Å². The fourth-order valence-electron chi connectivity index (χ4n) is 2.33. The molecule has 4 nitrogen and oxygen atoms in total. The number of nitrogens with zero attached hydrogens (tertiary/aromatic N) is 1. The Balaban J connectivity index is 2.27. The smallest absolute Gasteiger partial charge is 0.264 e. The predicted octanol–water partition coefficient (Wildman–Crippen LogP) is 3.63. The summed E-state index contributed by atoms with van der Waals surface area (Å²) in [5.74, 6) is 0. The summed E-state index contributed by atoms with van der Waals surface area (Å²) in [6, 6.07) is 9.72. The molecule has 0 atom stereocenters. The van der Waals surface area contributed by atoms with Crippen molar-refractivity contribution >= 4 is 47.6 Å². The third-order valence-electron chi connectivity index (χ3n) is 3.23. The first-order valence-corrected chi connectivity index (χ1v) is 8.84. The molecule has 0 saturated heterocycles. The predicted molar refractivity (Wildman–Crippen MR) is 86.6 cm³/mol. The lowest BCUT2D eigenvalue weighted by atomic mass is 9.99. The van der Waals surface area contributed by atoms with E-state index < -0.39 is 10.1 Å². The minimum Gasteiger partial charge on any atom is -0.265 e. The second-order valence-corrected chi connectivity index (χ2v) is 7.35. The van der Waals surface area contributed by atoms with Gasteiger partial charge in [0.05, 0.1) is 12.9 Å². The Morgan fingerprint density at radius 2 is 1.95 bits per heavy atom. The molecule has 2 aromatic carbocycles. The van der Waals surface area contributed by atoms with Crippen LogP contribution in [0.15, 0.2) is 47.2 Å². The van der Waals surface area contributed by atoms with E-state index in [2.05, 4.69) is 20.9 Å². The van der Waals surface area contributed by atoms with Gasteiger partial charge in [-0.25, -0.2) is 0 Å². The second-order valence-electron chi connectivity index (χ2n) is 4.79. The van der Waals surface area contributed by atoms with Crippen LogP contribution in [-0.2, 0) is 20.9 Å². The number of hydrogen-bond donors (Lipinski definition) is 0. The molecule has 0 saturated carbocycles. The van der Waals surface area contributed by atoms with Gasteiger partial charge in [0.1, 0.15) is 0 Å². The van der Waals surface area contributed by atoms with Crippen LogP contribution >= 0.6 is 15.9 Å². The average molecular weight is 366 g/mol. The molecular formula is C15H12BrNO3S. The van der Waals surface area contributed by atoms with Crippen molar-refractivity contribution in [2.45, 2.75) is 6.61 Å². The Morgan fingerprint density at radius 1 is 1.14 bits per heavy atom. The maximum absolute atomic E-state index is 11.2. The van der Waals surface area contributed by atoms with Crippen molar-refractivity contribution < 1.29 is 12.6 Å². The van der Waals surface area contributed by atoms with Gasteiger partial charge in [0, 0.05) is 22.3 Å². The van der Waals surface area contributed by atoms with E-state index in [1.807, 2.05) is 36.5 Å². The molecule has 0 bridgehead atoms. The van der Waals surface area contributed by atoms with Gasteiger partial charge >= 0.3 is 0 Å². The summed E-state index contributed by atoms with van der Waals surface area (Å²) in [4.78, 5) is 4.17. The zero-order valence-corrected chi connectivity index (χ0v) is 13.6. The van der Waals surface area contributed by atoms with E-state index in [0.29, 0.717) is 0 Å². The third kappa shape index (κ3) is 3.07. The lowest BCUT2D eigenvalue weighted by molar-refractivity contribution is 0.313. The largest absolute Gasteiger partial charge is 0.265 e. The van der Waals surface area contributed by atoms with Crippen LogP contribution in [-0.4, -0.2) is 19.7 Å².